The third kappa shape index (κ3) is 4.12. The molecule has 2 aromatic carbocycles. The molecule has 2 aromatic rings. The van der Waals surface area contributed by atoms with Crippen LogP contribution in [-0.4, -0.2) is 30.2 Å². The second kappa shape index (κ2) is 8.60. The van der Waals surface area contributed by atoms with Crippen molar-refractivity contribution in [2.24, 2.45) is 0 Å². The predicted molar refractivity (Wildman–Crippen MR) is 117 cm³/mol. The Labute approximate surface area is 183 Å². The molecule has 30 heavy (non-hydrogen) atoms. The number of anilines is 1. The quantitative estimate of drug-likeness (QED) is 0.680. The van der Waals surface area contributed by atoms with Gasteiger partial charge in [-0.15, -0.1) is 0 Å². The molecule has 1 aliphatic heterocycles. The normalized spacial score (nSPS) is 19.1. The topological polar surface area (TPSA) is 75.7 Å². The molecule has 1 fully saturated rings. The van der Waals surface area contributed by atoms with E-state index in [1.165, 1.54) is 11.8 Å². The van der Waals surface area contributed by atoms with E-state index in [0.29, 0.717) is 22.6 Å². The second-order valence-electron chi connectivity index (χ2n) is 7.73. The Hall–Kier alpha value is -2.67. The van der Waals surface area contributed by atoms with Gasteiger partial charge in [-0.05, 0) is 50.1 Å². The van der Waals surface area contributed by atoms with Crippen LogP contribution in [-0.2, 0) is 9.59 Å². The van der Waals surface area contributed by atoms with Crippen molar-refractivity contribution in [3.05, 3.63) is 58.1 Å². The lowest BCUT2D eigenvalue weighted by molar-refractivity contribution is -0.127. The summed E-state index contributed by atoms with van der Waals surface area (Å²) in [7, 11) is 0. The molecule has 6 nitrogen and oxygen atoms in total. The monoisotopic (exact) mass is 470 g/mol. The third-order valence-corrected chi connectivity index (χ3v) is 6.12. The standard InChI is InChI=1S/C23H23BrN2O4/c1-14(27)15-5-4-8-18(11-15)26-21(28)13-30-20-10-9-16(24)12-19(20)22(26)23(29)25-17-6-2-3-7-17/h4-5,8-12,17,22H,2-3,6-7,13H2,1H3,(H,25,29)/t22-/m0/s1. The maximum absolute atomic E-state index is 13.5. The number of rotatable bonds is 4. The number of ether oxygens (including phenoxy) is 1. The van der Waals surface area contributed by atoms with Gasteiger partial charge < -0.3 is 10.1 Å². The average Bonchev–Trinajstić information content (AvgIpc) is 3.18. The van der Waals surface area contributed by atoms with Crippen molar-refractivity contribution >= 4 is 39.2 Å². The summed E-state index contributed by atoms with van der Waals surface area (Å²) >= 11 is 3.47. The molecular formula is C23H23BrN2O4. The lowest BCUT2D eigenvalue weighted by Crippen LogP contribution is -2.46. The van der Waals surface area contributed by atoms with Crippen LogP contribution in [0, 0.1) is 0 Å². The highest BCUT2D eigenvalue weighted by molar-refractivity contribution is 9.10. The molecule has 7 heteroatoms. The van der Waals surface area contributed by atoms with Crippen LogP contribution in [0.2, 0.25) is 0 Å². The van der Waals surface area contributed by atoms with E-state index >= 15 is 0 Å². The van der Waals surface area contributed by atoms with Crippen LogP contribution in [0.4, 0.5) is 5.69 Å². The van der Waals surface area contributed by atoms with Gasteiger partial charge in [-0.25, -0.2) is 0 Å². The smallest absolute Gasteiger partial charge is 0.265 e. The first-order valence-corrected chi connectivity index (χ1v) is 10.9. The minimum absolute atomic E-state index is 0.106. The van der Waals surface area contributed by atoms with Crippen molar-refractivity contribution in [3.8, 4) is 5.75 Å². The van der Waals surface area contributed by atoms with E-state index in [0.717, 1.165) is 30.2 Å². The molecule has 0 saturated heterocycles. The molecule has 1 atom stereocenters. The molecule has 1 heterocycles. The van der Waals surface area contributed by atoms with Crippen molar-refractivity contribution in [2.75, 3.05) is 11.5 Å². The number of Topliss-reactive ketones (excluding diaryl/α,β-unsaturated/α-hetero) is 1. The number of halogens is 1. The second-order valence-corrected chi connectivity index (χ2v) is 8.65. The molecule has 2 aliphatic rings. The number of benzene rings is 2. The Bertz CT molecular complexity index is 1000. The highest BCUT2D eigenvalue weighted by Gasteiger charge is 2.38. The first-order chi connectivity index (χ1) is 14.4. The highest BCUT2D eigenvalue weighted by atomic mass is 79.9. The number of fused-ring (bicyclic) bond motifs is 1. The van der Waals surface area contributed by atoms with Gasteiger partial charge in [0.25, 0.3) is 5.91 Å². The van der Waals surface area contributed by atoms with E-state index < -0.39 is 6.04 Å². The molecule has 2 amide bonds. The molecule has 0 aromatic heterocycles. The van der Waals surface area contributed by atoms with E-state index in [4.69, 9.17) is 4.74 Å². The Morgan fingerprint density at radius 3 is 2.63 bits per heavy atom. The zero-order valence-electron chi connectivity index (χ0n) is 16.7. The number of ketones is 1. The highest BCUT2D eigenvalue weighted by Crippen LogP contribution is 2.38. The fraction of sp³-hybridized carbons (Fsp3) is 0.348. The zero-order valence-corrected chi connectivity index (χ0v) is 18.3. The van der Waals surface area contributed by atoms with E-state index in [1.807, 2.05) is 12.1 Å². The van der Waals surface area contributed by atoms with Crippen LogP contribution in [0.3, 0.4) is 0 Å². The fourth-order valence-electron chi connectivity index (χ4n) is 4.13. The Morgan fingerprint density at radius 1 is 1.13 bits per heavy atom. The van der Waals surface area contributed by atoms with E-state index in [2.05, 4.69) is 21.2 Å². The van der Waals surface area contributed by atoms with E-state index in [1.54, 1.807) is 30.3 Å². The van der Waals surface area contributed by atoms with Gasteiger partial charge >= 0.3 is 0 Å². The maximum Gasteiger partial charge on any atom is 0.265 e. The molecule has 1 N–H and O–H groups in total. The molecule has 0 bridgehead atoms. The molecule has 0 spiro atoms. The van der Waals surface area contributed by atoms with Gasteiger partial charge in [0.2, 0.25) is 5.91 Å². The number of hydrogen-bond acceptors (Lipinski definition) is 4. The molecular weight excluding hydrogens is 448 g/mol. The lowest BCUT2D eigenvalue weighted by atomic mass is 10.0. The molecule has 1 saturated carbocycles. The van der Waals surface area contributed by atoms with Crippen LogP contribution in [0.5, 0.6) is 5.75 Å². The largest absolute Gasteiger partial charge is 0.483 e. The summed E-state index contributed by atoms with van der Waals surface area (Å²) in [6, 6.07) is 11.4. The van der Waals surface area contributed by atoms with Crippen LogP contribution >= 0.6 is 15.9 Å². The number of amides is 2. The average molecular weight is 471 g/mol. The summed E-state index contributed by atoms with van der Waals surface area (Å²) in [6.45, 7) is 1.29. The zero-order chi connectivity index (χ0) is 21.3. The van der Waals surface area contributed by atoms with Crippen molar-refractivity contribution in [1.82, 2.24) is 5.32 Å². The summed E-state index contributed by atoms with van der Waals surface area (Å²) in [5, 5.41) is 3.12. The van der Waals surface area contributed by atoms with Crippen molar-refractivity contribution in [3.63, 3.8) is 0 Å². The molecule has 156 valence electrons. The van der Waals surface area contributed by atoms with Crippen LogP contribution in [0.15, 0.2) is 46.9 Å². The number of nitrogens with one attached hydrogen (secondary N) is 1. The minimum atomic E-state index is -0.893. The van der Waals surface area contributed by atoms with Gasteiger partial charge in [0.15, 0.2) is 12.4 Å². The number of hydrogen-bond donors (Lipinski definition) is 1. The van der Waals surface area contributed by atoms with Crippen LogP contribution < -0.4 is 15.0 Å². The summed E-state index contributed by atoms with van der Waals surface area (Å²) in [5.41, 5.74) is 1.59. The summed E-state index contributed by atoms with van der Waals surface area (Å²) in [4.78, 5) is 40.0. The fourth-order valence-corrected chi connectivity index (χ4v) is 4.51. The van der Waals surface area contributed by atoms with Gasteiger partial charge in [0.05, 0.1) is 0 Å². The third-order valence-electron chi connectivity index (χ3n) is 5.63. The molecule has 0 unspecified atom stereocenters. The first kappa shape index (κ1) is 20.6. The first-order valence-electron chi connectivity index (χ1n) is 10.1. The summed E-state index contributed by atoms with van der Waals surface area (Å²) in [5.74, 6) is -0.184. The molecule has 0 radical (unpaired) electrons. The van der Waals surface area contributed by atoms with Crippen LogP contribution in [0.25, 0.3) is 0 Å². The Morgan fingerprint density at radius 2 is 1.90 bits per heavy atom. The van der Waals surface area contributed by atoms with E-state index in [-0.39, 0.29) is 30.2 Å². The van der Waals surface area contributed by atoms with Gasteiger partial charge in [0.1, 0.15) is 11.8 Å². The SMILES string of the molecule is CC(=O)c1cccc(N2C(=O)COc3ccc(Br)cc3[C@H]2C(=O)NC2CCCC2)c1. The maximum atomic E-state index is 13.5. The summed E-state index contributed by atoms with van der Waals surface area (Å²) in [6.07, 6.45) is 4.05. The number of carbonyl (C=O) groups is 3. The van der Waals surface area contributed by atoms with Gasteiger partial charge in [0, 0.05) is 27.3 Å². The van der Waals surface area contributed by atoms with Crippen molar-refractivity contribution < 1.29 is 19.1 Å². The molecule has 1 aliphatic carbocycles. The van der Waals surface area contributed by atoms with Gasteiger partial charge in [-0.3, -0.25) is 19.3 Å². The Kier molecular flexibility index (Phi) is 5.90. The Balaban J connectivity index is 1.82. The summed E-state index contributed by atoms with van der Waals surface area (Å²) < 4.78 is 6.52. The van der Waals surface area contributed by atoms with Crippen molar-refractivity contribution in [2.45, 2.75) is 44.7 Å². The van der Waals surface area contributed by atoms with E-state index in [9.17, 15) is 14.4 Å². The minimum Gasteiger partial charge on any atom is -0.483 e. The van der Waals surface area contributed by atoms with Gasteiger partial charge in [-0.2, -0.15) is 0 Å². The van der Waals surface area contributed by atoms with Crippen LogP contribution in [0.1, 0.15) is 54.6 Å². The predicted octanol–water partition coefficient (Wildman–Crippen LogP) is 4.18. The number of carbonyl (C=O) groups excluding carboxylic acids is 3. The van der Waals surface area contributed by atoms with Gasteiger partial charge in [-0.1, -0.05) is 40.9 Å². The molecule has 4 rings (SSSR count). The van der Waals surface area contributed by atoms with Crippen molar-refractivity contribution in [1.29, 1.82) is 0 Å². The number of nitrogens with zero attached hydrogens (tertiary/aromatic N) is 1. The lowest BCUT2D eigenvalue weighted by Gasteiger charge is -2.30.